The molecule has 0 spiro atoms. The Morgan fingerprint density at radius 3 is 2.11 bits per heavy atom. The Morgan fingerprint density at radius 2 is 1.48 bits per heavy atom. The first-order valence-electron chi connectivity index (χ1n) is 8.88. The van der Waals surface area contributed by atoms with Gasteiger partial charge >= 0.3 is 0 Å². The molecule has 0 aliphatic carbocycles. The molecular weight excluding hydrogens is 340 g/mol. The van der Waals surface area contributed by atoms with Crippen LogP contribution in [0, 0.1) is 10.1 Å². The zero-order chi connectivity index (χ0) is 18.7. The van der Waals surface area contributed by atoms with Gasteiger partial charge in [0.2, 0.25) is 0 Å². The van der Waals surface area contributed by atoms with E-state index in [0.717, 1.165) is 17.7 Å². The summed E-state index contributed by atoms with van der Waals surface area (Å²) in [5, 5.41) is 11.0. The smallest absolute Gasteiger partial charge is 0.269 e. The fourth-order valence-electron chi connectivity index (χ4n) is 3.63. The van der Waals surface area contributed by atoms with Crippen molar-refractivity contribution in [3.05, 3.63) is 112 Å². The van der Waals surface area contributed by atoms with Crippen LogP contribution < -0.4 is 0 Å². The number of hydrogen-bond donors (Lipinski definition) is 0. The van der Waals surface area contributed by atoms with Gasteiger partial charge in [0.05, 0.1) is 4.92 Å². The zero-order valence-corrected chi connectivity index (χ0v) is 14.8. The Hall–Kier alpha value is -3.02. The molecule has 1 saturated heterocycles. The van der Waals surface area contributed by atoms with Crippen LogP contribution in [0.15, 0.2) is 84.9 Å². The van der Waals surface area contributed by atoms with E-state index < -0.39 is 5.60 Å². The molecule has 1 atom stereocenters. The summed E-state index contributed by atoms with van der Waals surface area (Å²) in [7, 11) is 0. The van der Waals surface area contributed by atoms with Crippen LogP contribution in [-0.2, 0) is 16.9 Å². The van der Waals surface area contributed by atoms with Crippen molar-refractivity contribution in [3.63, 3.8) is 0 Å². The van der Waals surface area contributed by atoms with E-state index in [-0.39, 0.29) is 10.6 Å². The predicted molar refractivity (Wildman–Crippen MR) is 103 cm³/mol. The Bertz CT molecular complexity index is 913. The maximum absolute atomic E-state index is 11.0. The topological polar surface area (TPSA) is 55.6 Å². The predicted octanol–water partition coefficient (Wildman–Crippen LogP) is 4.33. The molecule has 4 rings (SSSR count). The lowest BCUT2D eigenvalue weighted by Crippen LogP contribution is -2.33. The normalized spacial score (nSPS) is 19.9. The standard InChI is InChI=1S/C22H20N2O3/c25-24(26)21-13-11-20(12-14-21)22(19-9-5-2-6-10-19)16-23(17-27-22)15-18-7-3-1-4-8-18/h1-14H,15-17H2. The van der Waals surface area contributed by atoms with E-state index in [1.54, 1.807) is 24.3 Å². The highest BCUT2D eigenvalue weighted by molar-refractivity contribution is 5.42. The van der Waals surface area contributed by atoms with Gasteiger partial charge in [-0.1, -0.05) is 60.7 Å². The van der Waals surface area contributed by atoms with Gasteiger partial charge in [-0.25, -0.2) is 0 Å². The average Bonchev–Trinajstić information content (AvgIpc) is 3.14. The average molecular weight is 360 g/mol. The van der Waals surface area contributed by atoms with Crippen LogP contribution in [0.5, 0.6) is 0 Å². The number of non-ortho nitro benzene ring substituents is 1. The number of nitro groups is 1. The van der Waals surface area contributed by atoms with Gasteiger partial charge in [0.15, 0.2) is 0 Å². The van der Waals surface area contributed by atoms with Gasteiger partial charge in [-0.2, -0.15) is 0 Å². The van der Waals surface area contributed by atoms with E-state index >= 15 is 0 Å². The van der Waals surface area contributed by atoms with Crippen molar-refractivity contribution in [1.82, 2.24) is 4.90 Å². The molecule has 5 heteroatoms. The first kappa shape index (κ1) is 17.4. The molecule has 0 saturated carbocycles. The zero-order valence-electron chi connectivity index (χ0n) is 14.8. The minimum absolute atomic E-state index is 0.0844. The summed E-state index contributed by atoms with van der Waals surface area (Å²) < 4.78 is 6.35. The third kappa shape index (κ3) is 3.47. The molecule has 1 fully saturated rings. The van der Waals surface area contributed by atoms with E-state index in [1.165, 1.54) is 5.56 Å². The molecule has 1 aliphatic heterocycles. The number of rotatable bonds is 5. The molecule has 1 heterocycles. The Kier molecular flexibility index (Phi) is 4.71. The van der Waals surface area contributed by atoms with Gasteiger partial charge in [0.1, 0.15) is 12.3 Å². The van der Waals surface area contributed by atoms with Crippen molar-refractivity contribution in [1.29, 1.82) is 0 Å². The third-order valence-electron chi connectivity index (χ3n) is 4.97. The third-order valence-corrected chi connectivity index (χ3v) is 4.97. The fourth-order valence-corrected chi connectivity index (χ4v) is 3.63. The molecule has 1 aliphatic rings. The van der Waals surface area contributed by atoms with Crippen LogP contribution in [-0.4, -0.2) is 23.1 Å². The molecule has 0 radical (unpaired) electrons. The highest BCUT2D eigenvalue weighted by Gasteiger charge is 2.42. The monoisotopic (exact) mass is 360 g/mol. The summed E-state index contributed by atoms with van der Waals surface area (Å²) in [4.78, 5) is 12.9. The van der Waals surface area contributed by atoms with Crippen molar-refractivity contribution in [2.45, 2.75) is 12.1 Å². The number of ether oxygens (including phenoxy) is 1. The van der Waals surface area contributed by atoms with Gasteiger partial charge in [-0.3, -0.25) is 15.0 Å². The van der Waals surface area contributed by atoms with E-state index in [2.05, 4.69) is 17.0 Å². The second kappa shape index (κ2) is 7.31. The number of nitro benzene ring substituents is 1. The maximum Gasteiger partial charge on any atom is 0.269 e. The first-order valence-corrected chi connectivity index (χ1v) is 8.88. The van der Waals surface area contributed by atoms with E-state index in [4.69, 9.17) is 4.74 Å². The number of hydrogen-bond acceptors (Lipinski definition) is 4. The molecule has 3 aromatic rings. The van der Waals surface area contributed by atoms with Gasteiger partial charge < -0.3 is 4.74 Å². The molecule has 0 bridgehead atoms. The molecule has 0 aromatic heterocycles. The maximum atomic E-state index is 11.0. The molecule has 27 heavy (non-hydrogen) atoms. The Labute approximate surface area is 158 Å². The molecule has 0 N–H and O–H groups in total. The summed E-state index contributed by atoms with van der Waals surface area (Å²) >= 11 is 0. The van der Waals surface area contributed by atoms with Crippen molar-refractivity contribution in [2.24, 2.45) is 0 Å². The lowest BCUT2D eigenvalue weighted by Gasteiger charge is -2.29. The molecule has 1 unspecified atom stereocenters. The lowest BCUT2D eigenvalue weighted by atomic mass is 9.86. The van der Waals surface area contributed by atoms with Gasteiger partial charge in [-0.05, 0) is 28.8 Å². The summed E-state index contributed by atoms with van der Waals surface area (Å²) in [6.07, 6.45) is 0. The number of nitrogens with zero attached hydrogens (tertiary/aromatic N) is 2. The van der Waals surface area contributed by atoms with Crippen LogP contribution >= 0.6 is 0 Å². The summed E-state index contributed by atoms with van der Waals surface area (Å²) in [5.74, 6) is 0. The van der Waals surface area contributed by atoms with Crippen LogP contribution in [0.2, 0.25) is 0 Å². The number of benzene rings is 3. The van der Waals surface area contributed by atoms with Crippen LogP contribution in [0.1, 0.15) is 16.7 Å². The molecule has 3 aromatic carbocycles. The van der Waals surface area contributed by atoms with Crippen molar-refractivity contribution >= 4 is 5.69 Å². The summed E-state index contributed by atoms with van der Waals surface area (Å²) in [6, 6.07) is 27.0. The fraction of sp³-hybridized carbons (Fsp3) is 0.182. The van der Waals surface area contributed by atoms with Gasteiger partial charge in [0, 0.05) is 25.2 Å². The van der Waals surface area contributed by atoms with E-state index in [0.29, 0.717) is 13.3 Å². The van der Waals surface area contributed by atoms with Gasteiger partial charge in [-0.15, -0.1) is 0 Å². The second-order valence-electron chi connectivity index (χ2n) is 6.74. The SMILES string of the molecule is O=[N+]([O-])c1ccc(C2(c3ccccc3)CN(Cc3ccccc3)CO2)cc1. The van der Waals surface area contributed by atoms with Crippen LogP contribution in [0.25, 0.3) is 0 Å². The molecule has 5 nitrogen and oxygen atoms in total. The minimum Gasteiger partial charge on any atom is -0.349 e. The lowest BCUT2D eigenvalue weighted by molar-refractivity contribution is -0.384. The highest BCUT2D eigenvalue weighted by Crippen LogP contribution is 2.39. The second-order valence-corrected chi connectivity index (χ2v) is 6.74. The molecule has 136 valence electrons. The van der Waals surface area contributed by atoms with Gasteiger partial charge in [0.25, 0.3) is 5.69 Å². The Balaban J connectivity index is 1.67. The van der Waals surface area contributed by atoms with Crippen molar-refractivity contribution in [3.8, 4) is 0 Å². The summed E-state index contributed by atoms with van der Waals surface area (Å²) in [6.45, 7) is 1.98. The molecule has 0 amide bonds. The first-order chi connectivity index (χ1) is 13.2. The summed E-state index contributed by atoms with van der Waals surface area (Å²) in [5.41, 5.74) is 2.66. The largest absolute Gasteiger partial charge is 0.349 e. The minimum atomic E-state index is -0.634. The quantitative estimate of drug-likeness (QED) is 0.502. The van der Waals surface area contributed by atoms with Crippen LogP contribution in [0.4, 0.5) is 5.69 Å². The van der Waals surface area contributed by atoms with Crippen molar-refractivity contribution in [2.75, 3.05) is 13.3 Å². The Morgan fingerprint density at radius 1 is 0.889 bits per heavy atom. The van der Waals surface area contributed by atoms with E-state index in [9.17, 15) is 10.1 Å². The highest BCUT2D eigenvalue weighted by atomic mass is 16.6. The molecular formula is C22H20N2O3. The van der Waals surface area contributed by atoms with Crippen LogP contribution in [0.3, 0.4) is 0 Å². The van der Waals surface area contributed by atoms with Crippen molar-refractivity contribution < 1.29 is 9.66 Å². The van der Waals surface area contributed by atoms with E-state index in [1.807, 2.05) is 48.5 Å².